The third kappa shape index (κ3) is 4.09. The summed E-state index contributed by atoms with van der Waals surface area (Å²) in [7, 11) is -3.46. The summed E-state index contributed by atoms with van der Waals surface area (Å²) in [6, 6.07) is 4.97. The van der Waals surface area contributed by atoms with Crippen molar-refractivity contribution < 1.29 is 13.2 Å². The number of nitrogens with one attached hydrogen (secondary N) is 1. The molecule has 2 atom stereocenters. The van der Waals surface area contributed by atoms with E-state index < -0.39 is 10.0 Å². The second kappa shape index (κ2) is 6.76. The van der Waals surface area contributed by atoms with Crippen LogP contribution in [0.4, 0.5) is 0 Å². The van der Waals surface area contributed by atoms with Crippen molar-refractivity contribution in [1.29, 1.82) is 0 Å². The van der Waals surface area contributed by atoms with Crippen LogP contribution in [0.25, 0.3) is 0 Å². The van der Waals surface area contributed by atoms with Crippen molar-refractivity contribution in [3.63, 3.8) is 0 Å². The van der Waals surface area contributed by atoms with Gasteiger partial charge in [0.1, 0.15) is 11.9 Å². The Kier molecular flexibility index (Phi) is 5.82. The maximum absolute atomic E-state index is 12.1. The van der Waals surface area contributed by atoms with Gasteiger partial charge in [0.2, 0.25) is 10.0 Å². The zero-order valence-corrected chi connectivity index (χ0v) is 13.3. The summed E-state index contributed by atoms with van der Waals surface area (Å²) in [5.74, 6) is 0.780. The number of fused-ring (bicyclic) bond motifs is 1. The molecule has 1 heterocycles. The number of benzene rings is 1. The minimum absolute atomic E-state index is 0. The van der Waals surface area contributed by atoms with E-state index in [1.165, 1.54) is 0 Å². The van der Waals surface area contributed by atoms with E-state index in [1.807, 2.05) is 13.8 Å². The molecule has 1 aromatic carbocycles. The lowest BCUT2D eigenvalue weighted by Crippen LogP contribution is -2.29. The van der Waals surface area contributed by atoms with Gasteiger partial charge in [-0.3, -0.25) is 0 Å². The van der Waals surface area contributed by atoms with Crippen molar-refractivity contribution in [1.82, 2.24) is 4.72 Å². The molecule has 2 unspecified atom stereocenters. The zero-order chi connectivity index (χ0) is 14.0. The maximum atomic E-state index is 12.1. The maximum Gasteiger partial charge on any atom is 0.240 e. The van der Waals surface area contributed by atoms with Crippen LogP contribution in [0.5, 0.6) is 5.75 Å². The van der Waals surface area contributed by atoms with Gasteiger partial charge in [0, 0.05) is 19.0 Å². The average molecular weight is 321 g/mol. The Morgan fingerprint density at radius 3 is 2.85 bits per heavy atom. The van der Waals surface area contributed by atoms with Crippen LogP contribution in [-0.4, -0.2) is 27.1 Å². The molecule has 7 heteroatoms. The van der Waals surface area contributed by atoms with Crippen LogP contribution >= 0.6 is 12.4 Å². The lowest BCUT2D eigenvalue weighted by Gasteiger charge is -2.09. The molecule has 0 radical (unpaired) electrons. The molecule has 0 saturated carbocycles. The Bertz CT molecular complexity index is 561. The first kappa shape index (κ1) is 17.2. The van der Waals surface area contributed by atoms with E-state index in [9.17, 15) is 8.42 Å². The summed E-state index contributed by atoms with van der Waals surface area (Å²) in [4.78, 5) is 0.286. The first-order valence-electron chi connectivity index (χ1n) is 6.43. The molecule has 20 heavy (non-hydrogen) atoms. The Hall–Kier alpha value is -0.820. The fourth-order valence-corrected chi connectivity index (χ4v) is 3.17. The predicted octanol–water partition coefficient (Wildman–Crippen LogP) is 1.45. The SMILES string of the molecule is CC(N)CCNS(=O)(=O)c1ccc2c(c1)CC(C)O2.Cl. The molecular formula is C13H21ClN2O3S. The molecule has 0 saturated heterocycles. The number of ether oxygens (including phenoxy) is 1. The molecule has 0 aliphatic carbocycles. The predicted molar refractivity (Wildman–Crippen MR) is 80.9 cm³/mol. The molecule has 1 aliphatic rings. The van der Waals surface area contributed by atoms with Crippen molar-refractivity contribution in [3.8, 4) is 5.75 Å². The van der Waals surface area contributed by atoms with Gasteiger partial charge >= 0.3 is 0 Å². The van der Waals surface area contributed by atoms with Crippen molar-refractivity contribution in [2.75, 3.05) is 6.54 Å². The minimum atomic E-state index is -3.46. The highest BCUT2D eigenvalue weighted by molar-refractivity contribution is 7.89. The third-order valence-electron chi connectivity index (χ3n) is 3.07. The summed E-state index contributed by atoms with van der Waals surface area (Å²) >= 11 is 0. The second-order valence-electron chi connectivity index (χ2n) is 5.07. The van der Waals surface area contributed by atoms with Crippen LogP contribution in [0.15, 0.2) is 23.1 Å². The number of nitrogens with two attached hydrogens (primary N) is 1. The van der Waals surface area contributed by atoms with Crippen LogP contribution in [0.1, 0.15) is 25.8 Å². The Morgan fingerprint density at radius 2 is 2.20 bits per heavy atom. The monoisotopic (exact) mass is 320 g/mol. The fourth-order valence-electron chi connectivity index (χ4n) is 2.07. The highest BCUT2D eigenvalue weighted by Crippen LogP contribution is 2.30. The topological polar surface area (TPSA) is 81.4 Å². The Balaban J connectivity index is 0.00000200. The third-order valence-corrected chi connectivity index (χ3v) is 4.53. The van der Waals surface area contributed by atoms with E-state index in [2.05, 4.69) is 4.72 Å². The smallest absolute Gasteiger partial charge is 0.240 e. The molecule has 1 aliphatic heterocycles. The first-order valence-corrected chi connectivity index (χ1v) is 7.91. The van der Waals surface area contributed by atoms with Crippen LogP contribution < -0.4 is 15.2 Å². The van der Waals surface area contributed by atoms with Crippen molar-refractivity contribution >= 4 is 22.4 Å². The molecule has 1 aromatic rings. The number of sulfonamides is 1. The van der Waals surface area contributed by atoms with E-state index in [4.69, 9.17) is 10.5 Å². The van der Waals surface area contributed by atoms with Crippen LogP contribution in [-0.2, 0) is 16.4 Å². The minimum Gasteiger partial charge on any atom is -0.490 e. The van der Waals surface area contributed by atoms with Crippen LogP contribution in [0, 0.1) is 0 Å². The van der Waals surface area contributed by atoms with Gasteiger partial charge in [-0.25, -0.2) is 13.1 Å². The highest BCUT2D eigenvalue weighted by atomic mass is 35.5. The van der Waals surface area contributed by atoms with E-state index >= 15 is 0 Å². The number of rotatable bonds is 5. The summed E-state index contributed by atoms with van der Waals surface area (Å²) in [6.07, 6.45) is 1.47. The molecule has 2 rings (SSSR count). The van der Waals surface area contributed by atoms with Gasteiger partial charge < -0.3 is 10.5 Å². The summed E-state index contributed by atoms with van der Waals surface area (Å²) in [5.41, 5.74) is 6.54. The normalized spacial score (nSPS) is 18.9. The van der Waals surface area contributed by atoms with Gasteiger partial charge in [-0.2, -0.15) is 0 Å². The molecular weight excluding hydrogens is 300 g/mol. The van der Waals surface area contributed by atoms with Crippen LogP contribution in [0.2, 0.25) is 0 Å². The average Bonchev–Trinajstić information content (AvgIpc) is 2.67. The molecule has 0 fully saturated rings. The molecule has 0 bridgehead atoms. The summed E-state index contributed by atoms with van der Waals surface area (Å²) in [6.45, 7) is 4.17. The highest BCUT2D eigenvalue weighted by Gasteiger charge is 2.22. The van der Waals surface area contributed by atoms with Gasteiger partial charge in [-0.15, -0.1) is 12.4 Å². The number of halogens is 1. The van der Waals surface area contributed by atoms with Gasteiger partial charge in [0.05, 0.1) is 4.90 Å². The Morgan fingerprint density at radius 1 is 1.50 bits per heavy atom. The summed E-state index contributed by atoms with van der Waals surface area (Å²) < 4.78 is 32.3. The van der Waals surface area contributed by atoms with E-state index in [1.54, 1.807) is 18.2 Å². The molecule has 5 nitrogen and oxygen atoms in total. The quantitative estimate of drug-likeness (QED) is 0.860. The summed E-state index contributed by atoms with van der Waals surface area (Å²) in [5, 5.41) is 0. The number of hydrogen-bond acceptors (Lipinski definition) is 4. The standard InChI is InChI=1S/C13H20N2O3S.ClH/c1-9(14)5-6-15-19(16,17)12-3-4-13-11(8-12)7-10(2)18-13;/h3-4,8-10,15H,5-7,14H2,1-2H3;1H. The first-order chi connectivity index (χ1) is 8.88. The molecule has 3 N–H and O–H groups in total. The fraction of sp³-hybridized carbons (Fsp3) is 0.538. The molecule has 0 amide bonds. The van der Waals surface area contributed by atoms with E-state index in [-0.39, 0.29) is 29.4 Å². The zero-order valence-electron chi connectivity index (χ0n) is 11.6. The van der Waals surface area contributed by atoms with E-state index in [0.29, 0.717) is 13.0 Å². The van der Waals surface area contributed by atoms with Gasteiger partial charge in [0.15, 0.2) is 0 Å². The van der Waals surface area contributed by atoms with E-state index in [0.717, 1.165) is 17.7 Å². The molecule has 0 aromatic heterocycles. The van der Waals surface area contributed by atoms with Gasteiger partial charge in [0.25, 0.3) is 0 Å². The largest absolute Gasteiger partial charge is 0.490 e. The van der Waals surface area contributed by atoms with Crippen molar-refractivity contribution in [3.05, 3.63) is 23.8 Å². The van der Waals surface area contributed by atoms with Crippen LogP contribution in [0.3, 0.4) is 0 Å². The van der Waals surface area contributed by atoms with Crippen molar-refractivity contribution in [2.45, 2.75) is 43.7 Å². The lowest BCUT2D eigenvalue weighted by molar-refractivity contribution is 0.254. The van der Waals surface area contributed by atoms with Gasteiger partial charge in [-0.05, 0) is 44.0 Å². The second-order valence-corrected chi connectivity index (χ2v) is 6.83. The molecule has 0 spiro atoms. The van der Waals surface area contributed by atoms with Gasteiger partial charge in [-0.1, -0.05) is 0 Å². The Labute approximate surface area is 126 Å². The van der Waals surface area contributed by atoms with Crippen molar-refractivity contribution in [2.24, 2.45) is 5.73 Å². The lowest BCUT2D eigenvalue weighted by atomic mass is 10.1. The molecule has 114 valence electrons. The number of hydrogen-bond donors (Lipinski definition) is 2.